The summed E-state index contributed by atoms with van der Waals surface area (Å²) in [6, 6.07) is 16.4. The molecule has 0 aliphatic heterocycles. The monoisotopic (exact) mass is 385 g/mol. The van der Waals surface area contributed by atoms with E-state index in [0.29, 0.717) is 16.7 Å². The molecule has 0 saturated heterocycles. The summed E-state index contributed by atoms with van der Waals surface area (Å²) in [6.45, 7) is 0.159. The fraction of sp³-hybridized carbons (Fsp3) is 0.167. The zero-order chi connectivity index (χ0) is 19.1. The standard InChI is InChI=1S/C18H19N5O3S/c1-25-14-7-9-15(10-8-14)26-11-16-21-22-18(23(16)19)27-12-17(24)20-13-5-3-2-4-6-13/h2-10H,11-12,19H2,1H3,(H,20,24). The highest BCUT2D eigenvalue weighted by Crippen LogP contribution is 2.19. The molecule has 0 aliphatic carbocycles. The number of para-hydroxylation sites is 1. The molecule has 3 aromatic rings. The zero-order valence-electron chi connectivity index (χ0n) is 14.7. The lowest BCUT2D eigenvalue weighted by molar-refractivity contribution is -0.113. The Morgan fingerprint density at radius 3 is 2.52 bits per heavy atom. The Kier molecular flexibility index (Phi) is 6.16. The van der Waals surface area contributed by atoms with Crippen LogP contribution in [0.4, 0.5) is 5.69 Å². The van der Waals surface area contributed by atoms with E-state index in [1.54, 1.807) is 31.4 Å². The smallest absolute Gasteiger partial charge is 0.234 e. The van der Waals surface area contributed by atoms with E-state index >= 15 is 0 Å². The summed E-state index contributed by atoms with van der Waals surface area (Å²) in [5.41, 5.74) is 0.742. The van der Waals surface area contributed by atoms with Crippen LogP contribution in [0, 0.1) is 0 Å². The Labute approximate surface area is 160 Å². The van der Waals surface area contributed by atoms with E-state index < -0.39 is 0 Å². The van der Waals surface area contributed by atoms with E-state index in [0.717, 1.165) is 11.4 Å². The third-order valence-corrected chi connectivity index (χ3v) is 4.50. The van der Waals surface area contributed by atoms with Crippen molar-refractivity contribution in [3.63, 3.8) is 0 Å². The van der Waals surface area contributed by atoms with Crippen LogP contribution < -0.4 is 20.6 Å². The number of nitrogens with zero attached hydrogens (tertiary/aromatic N) is 3. The van der Waals surface area contributed by atoms with E-state index in [2.05, 4.69) is 15.5 Å². The highest BCUT2D eigenvalue weighted by molar-refractivity contribution is 7.99. The maximum Gasteiger partial charge on any atom is 0.234 e. The van der Waals surface area contributed by atoms with E-state index in [1.165, 1.54) is 16.4 Å². The summed E-state index contributed by atoms with van der Waals surface area (Å²) >= 11 is 1.20. The summed E-state index contributed by atoms with van der Waals surface area (Å²) in [6.07, 6.45) is 0. The molecule has 0 spiro atoms. The average Bonchev–Trinajstić information content (AvgIpc) is 3.05. The first-order valence-corrected chi connectivity index (χ1v) is 9.08. The number of nitrogen functional groups attached to an aromatic ring is 1. The summed E-state index contributed by atoms with van der Waals surface area (Å²) in [5, 5.41) is 11.3. The minimum absolute atomic E-state index is 0.148. The quantitative estimate of drug-likeness (QED) is 0.453. The number of hydrogen-bond donors (Lipinski definition) is 2. The lowest BCUT2D eigenvalue weighted by atomic mass is 10.3. The van der Waals surface area contributed by atoms with Gasteiger partial charge in [0.25, 0.3) is 0 Å². The maximum atomic E-state index is 12.0. The van der Waals surface area contributed by atoms with Gasteiger partial charge >= 0.3 is 0 Å². The number of methoxy groups -OCH3 is 1. The van der Waals surface area contributed by atoms with E-state index in [9.17, 15) is 4.79 Å². The molecule has 0 unspecified atom stereocenters. The minimum Gasteiger partial charge on any atom is -0.497 e. The molecule has 0 atom stereocenters. The van der Waals surface area contributed by atoms with Crippen molar-refractivity contribution in [1.29, 1.82) is 0 Å². The van der Waals surface area contributed by atoms with E-state index in [1.807, 2.05) is 30.3 Å². The van der Waals surface area contributed by atoms with Crippen LogP contribution in [0.3, 0.4) is 0 Å². The van der Waals surface area contributed by atoms with Crippen LogP contribution in [0.2, 0.25) is 0 Å². The van der Waals surface area contributed by atoms with Crippen LogP contribution in [-0.2, 0) is 11.4 Å². The molecule has 140 valence electrons. The second-order valence-corrected chi connectivity index (χ2v) is 6.38. The molecule has 27 heavy (non-hydrogen) atoms. The van der Waals surface area contributed by atoms with Gasteiger partial charge in [0.15, 0.2) is 5.82 Å². The molecule has 0 bridgehead atoms. The number of nitrogens with two attached hydrogens (primary N) is 1. The molecule has 0 fully saturated rings. The maximum absolute atomic E-state index is 12.0. The minimum atomic E-state index is -0.148. The summed E-state index contributed by atoms with van der Waals surface area (Å²) in [5.74, 6) is 7.88. The van der Waals surface area contributed by atoms with Gasteiger partial charge in [-0.15, -0.1) is 10.2 Å². The average molecular weight is 385 g/mol. The van der Waals surface area contributed by atoms with Crippen LogP contribution in [0.15, 0.2) is 59.8 Å². The molecule has 8 nitrogen and oxygen atoms in total. The number of thioether (sulfide) groups is 1. The van der Waals surface area contributed by atoms with Crippen molar-refractivity contribution < 1.29 is 14.3 Å². The van der Waals surface area contributed by atoms with Crippen molar-refractivity contribution in [2.75, 3.05) is 24.0 Å². The molecule has 3 N–H and O–H groups in total. The number of hydrogen-bond acceptors (Lipinski definition) is 7. The SMILES string of the molecule is COc1ccc(OCc2nnc(SCC(=O)Nc3ccccc3)n2N)cc1. The highest BCUT2D eigenvalue weighted by atomic mass is 32.2. The van der Waals surface area contributed by atoms with Gasteiger partial charge in [-0.2, -0.15) is 0 Å². The Hall–Kier alpha value is -3.20. The van der Waals surface area contributed by atoms with Gasteiger partial charge in [-0.3, -0.25) is 4.79 Å². The molecular weight excluding hydrogens is 366 g/mol. The van der Waals surface area contributed by atoms with Crippen molar-refractivity contribution in [3.05, 3.63) is 60.4 Å². The lowest BCUT2D eigenvalue weighted by Gasteiger charge is -2.07. The Morgan fingerprint density at radius 1 is 1.11 bits per heavy atom. The number of amides is 1. The molecule has 2 aromatic carbocycles. The van der Waals surface area contributed by atoms with Crippen LogP contribution in [0.5, 0.6) is 11.5 Å². The molecule has 0 radical (unpaired) electrons. The first kappa shape index (κ1) is 18.6. The molecular formula is C18H19N5O3S. The van der Waals surface area contributed by atoms with Gasteiger partial charge in [0, 0.05) is 5.69 Å². The summed E-state index contributed by atoms with van der Waals surface area (Å²) in [4.78, 5) is 12.0. The number of carbonyl (C=O) groups is 1. The molecule has 9 heteroatoms. The summed E-state index contributed by atoms with van der Waals surface area (Å²) in [7, 11) is 1.60. The predicted molar refractivity (Wildman–Crippen MR) is 103 cm³/mol. The second kappa shape index (κ2) is 8.95. The third-order valence-electron chi connectivity index (χ3n) is 3.55. The molecule has 0 saturated carbocycles. The topological polar surface area (TPSA) is 104 Å². The second-order valence-electron chi connectivity index (χ2n) is 5.44. The van der Waals surface area contributed by atoms with Crippen molar-refractivity contribution in [1.82, 2.24) is 14.9 Å². The van der Waals surface area contributed by atoms with Gasteiger partial charge in [0.05, 0.1) is 12.9 Å². The first-order valence-electron chi connectivity index (χ1n) is 8.09. The van der Waals surface area contributed by atoms with Gasteiger partial charge in [-0.05, 0) is 36.4 Å². The van der Waals surface area contributed by atoms with Crippen molar-refractivity contribution in [2.45, 2.75) is 11.8 Å². The van der Waals surface area contributed by atoms with Crippen molar-refractivity contribution in [3.8, 4) is 11.5 Å². The molecule has 1 aromatic heterocycles. The van der Waals surface area contributed by atoms with Crippen LogP contribution in [0.25, 0.3) is 0 Å². The summed E-state index contributed by atoms with van der Waals surface area (Å²) < 4.78 is 12.1. The Bertz CT molecular complexity index is 884. The highest BCUT2D eigenvalue weighted by Gasteiger charge is 2.13. The predicted octanol–water partition coefficient (Wildman–Crippen LogP) is 2.31. The molecule has 3 rings (SSSR count). The van der Waals surface area contributed by atoms with Gasteiger partial charge in [-0.25, -0.2) is 4.68 Å². The van der Waals surface area contributed by atoms with Crippen LogP contribution in [0.1, 0.15) is 5.82 Å². The van der Waals surface area contributed by atoms with Gasteiger partial charge in [0.2, 0.25) is 11.1 Å². The van der Waals surface area contributed by atoms with Crippen LogP contribution >= 0.6 is 11.8 Å². The number of benzene rings is 2. The third kappa shape index (κ3) is 5.14. The van der Waals surface area contributed by atoms with Crippen molar-refractivity contribution in [2.24, 2.45) is 0 Å². The molecule has 1 amide bonds. The fourth-order valence-electron chi connectivity index (χ4n) is 2.17. The Morgan fingerprint density at radius 2 is 1.81 bits per heavy atom. The molecule has 1 heterocycles. The number of carbonyl (C=O) groups excluding carboxylic acids is 1. The largest absolute Gasteiger partial charge is 0.497 e. The molecule has 0 aliphatic rings. The Balaban J connectivity index is 1.51. The number of aromatic nitrogens is 3. The fourth-order valence-corrected chi connectivity index (χ4v) is 2.85. The van der Waals surface area contributed by atoms with Crippen LogP contribution in [-0.4, -0.2) is 33.6 Å². The lowest BCUT2D eigenvalue weighted by Crippen LogP contribution is -2.18. The van der Waals surface area contributed by atoms with Gasteiger partial charge in [-0.1, -0.05) is 30.0 Å². The van der Waals surface area contributed by atoms with Gasteiger partial charge < -0.3 is 20.6 Å². The number of nitrogens with one attached hydrogen (secondary N) is 1. The zero-order valence-corrected chi connectivity index (χ0v) is 15.5. The van der Waals surface area contributed by atoms with E-state index in [-0.39, 0.29) is 18.3 Å². The first-order chi connectivity index (χ1) is 13.2. The normalized spacial score (nSPS) is 10.4. The van der Waals surface area contributed by atoms with Gasteiger partial charge in [0.1, 0.15) is 18.1 Å². The van der Waals surface area contributed by atoms with Crippen molar-refractivity contribution >= 4 is 23.4 Å². The number of anilines is 1. The van der Waals surface area contributed by atoms with E-state index in [4.69, 9.17) is 15.3 Å². The number of ether oxygens (including phenoxy) is 2. The number of rotatable bonds is 8.